The molecule has 4 aromatic rings. The summed E-state index contributed by atoms with van der Waals surface area (Å²) in [5, 5.41) is 6.37. The van der Waals surface area contributed by atoms with E-state index in [0.717, 1.165) is 11.1 Å². The Hall–Kier alpha value is -4.29. The Balaban J connectivity index is 1.36. The minimum absolute atomic E-state index is 0.154. The van der Waals surface area contributed by atoms with Gasteiger partial charge in [0.15, 0.2) is 0 Å². The van der Waals surface area contributed by atoms with E-state index < -0.39 is 0 Å². The van der Waals surface area contributed by atoms with Crippen LogP contribution in [0.4, 0.5) is 16.2 Å². The van der Waals surface area contributed by atoms with Gasteiger partial charge in [0.25, 0.3) is 5.91 Å². The Labute approximate surface area is 221 Å². The summed E-state index contributed by atoms with van der Waals surface area (Å²) >= 11 is 6.06. The van der Waals surface area contributed by atoms with Gasteiger partial charge in [-0.1, -0.05) is 60.1 Å². The van der Waals surface area contributed by atoms with Crippen molar-refractivity contribution >= 4 is 34.9 Å². The SMILES string of the molecule is COc1ccc(N(CCCNC(=O)c2ccc(-c3ccccc3)cc2)C(=O)Nc2cccc(Cl)c2)cc1. The molecule has 4 rings (SSSR count). The molecule has 0 aliphatic carbocycles. The lowest BCUT2D eigenvalue weighted by Crippen LogP contribution is -2.37. The minimum atomic E-state index is -0.296. The number of carbonyl (C=O) groups excluding carboxylic acids is 2. The van der Waals surface area contributed by atoms with Crippen molar-refractivity contribution in [1.29, 1.82) is 0 Å². The van der Waals surface area contributed by atoms with Crippen LogP contribution in [0.1, 0.15) is 16.8 Å². The van der Waals surface area contributed by atoms with Crippen LogP contribution in [0.15, 0.2) is 103 Å². The molecule has 0 unspecified atom stereocenters. The standard InChI is InChI=1S/C30H28ClN3O3/c1-37-28-17-15-27(16-18-28)34(30(36)33-26-10-5-9-25(31)21-26)20-6-19-32-29(35)24-13-11-23(12-14-24)22-7-3-2-4-8-22/h2-5,7-18,21H,6,19-20H2,1H3,(H,32,35)(H,33,36). The topological polar surface area (TPSA) is 70.7 Å². The van der Waals surface area contributed by atoms with Crippen molar-refractivity contribution in [3.63, 3.8) is 0 Å². The number of carbonyl (C=O) groups is 2. The number of rotatable bonds is 9. The summed E-state index contributed by atoms with van der Waals surface area (Å²) in [4.78, 5) is 27.4. The average Bonchev–Trinajstić information content (AvgIpc) is 2.93. The Kier molecular flexibility index (Phi) is 8.79. The van der Waals surface area contributed by atoms with Crippen molar-refractivity contribution < 1.29 is 14.3 Å². The molecule has 0 aromatic heterocycles. The van der Waals surface area contributed by atoms with Gasteiger partial charge >= 0.3 is 6.03 Å². The zero-order valence-corrected chi connectivity index (χ0v) is 21.2. The number of nitrogens with one attached hydrogen (secondary N) is 2. The molecule has 0 bridgehead atoms. The van der Waals surface area contributed by atoms with E-state index in [9.17, 15) is 9.59 Å². The van der Waals surface area contributed by atoms with Gasteiger partial charge in [-0.05, 0) is 72.1 Å². The van der Waals surface area contributed by atoms with E-state index >= 15 is 0 Å². The summed E-state index contributed by atoms with van der Waals surface area (Å²) in [6, 6.07) is 31.5. The molecular weight excluding hydrogens is 486 g/mol. The second-order valence-electron chi connectivity index (χ2n) is 8.34. The monoisotopic (exact) mass is 513 g/mol. The van der Waals surface area contributed by atoms with Gasteiger partial charge in [-0.3, -0.25) is 9.69 Å². The highest BCUT2D eigenvalue weighted by atomic mass is 35.5. The second-order valence-corrected chi connectivity index (χ2v) is 8.78. The van der Waals surface area contributed by atoms with Crippen molar-refractivity contribution in [2.45, 2.75) is 6.42 Å². The van der Waals surface area contributed by atoms with Crippen LogP contribution in [-0.2, 0) is 0 Å². The van der Waals surface area contributed by atoms with Crippen molar-refractivity contribution in [2.75, 3.05) is 30.4 Å². The quantitative estimate of drug-likeness (QED) is 0.240. The molecule has 0 saturated heterocycles. The van der Waals surface area contributed by atoms with Crippen LogP contribution in [0, 0.1) is 0 Å². The molecule has 0 atom stereocenters. The smallest absolute Gasteiger partial charge is 0.326 e. The number of benzene rings is 4. The first kappa shape index (κ1) is 25.8. The number of methoxy groups -OCH3 is 1. The van der Waals surface area contributed by atoms with Crippen LogP contribution >= 0.6 is 11.6 Å². The molecule has 0 heterocycles. The fraction of sp³-hybridized carbons (Fsp3) is 0.133. The fourth-order valence-electron chi connectivity index (χ4n) is 3.85. The first-order chi connectivity index (χ1) is 18.0. The first-order valence-electron chi connectivity index (χ1n) is 12.0. The van der Waals surface area contributed by atoms with Gasteiger partial charge in [-0.2, -0.15) is 0 Å². The van der Waals surface area contributed by atoms with Gasteiger partial charge in [0.2, 0.25) is 0 Å². The maximum atomic E-state index is 13.1. The van der Waals surface area contributed by atoms with Crippen LogP contribution in [0.25, 0.3) is 11.1 Å². The molecule has 37 heavy (non-hydrogen) atoms. The average molecular weight is 514 g/mol. The van der Waals surface area contributed by atoms with E-state index in [2.05, 4.69) is 10.6 Å². The lowest BCUT2D eigenvalue weighted by molar-refractivity contribution is 0.0953. The van der Waals surface area contributed by atoms with Gasteiger partial charge in [0.1, 0.15) is 5.75 Å². The summed E-state index contributed by atoms with van der Waals surface area (Å²) in [6.07, 6.45) is 0.558. The number of anilines is 2. The molecule has 0 fully saturated rings. The maximum Gasteiger partial charge on any atom is 0.326 e. The zero-order valence-electron chi connectivity index (χ0n) is 20.5. The largest absolute Gasteiger partial charge is 0.497 e. The molecule has 0 spiro atoms. The lowest BCUT2D eigenvalue weighted by Gasteiger charge is -2.24. The summed E-state index contributed by atoms with van der Waals surface area (Å²) in [5.74, 6) is 0.545. The number of urea groups is 1. The number of halogens is 1. The van der Waals surface area contributed by atoms with E-state index in [1.807, 2.05) is 66.7 Å². The van der Waals surface area contributed by atoms with E-state index in [0.29, 0.717) is 47.2 Å². The molecule has 7 heteroatoms. The molecule has 3 amide bonds. The Morgan fingerprint density at radius 2 is 1.54 bits per heavy atom. The minimum Gasteiger partial charge on any atom is -0.497 e. The fourth-order valence-corrected chi connectivity index (χ4v) is 4.04. The van der Waals surface area contributed by atoms with Gasteiger partial charge in [-0.25, -0.2) is 4.79 Å². The Morgan fingerprint density at radius 3 is 2.22 bits per heavy atom. The molecule has 0 radical (unpaired) electrons. The van der Waals surface area contributed by atoms with Crippen molar-refractivity contribution in [3.05, 3.63) is 114 Å². The second kappa shape index (κ2) is 12.6. The number of amides is 3. The van der Waals surface area contributed by atoms with E-state index in [1.165, 1.54) is 0 Å². The summed E-state index contributed by atoms with van der Waals surface area (Å²) in [7, 11) is 1.59. The third-order valence-electron chi connectivity index (χ3n) is 5.80. The summed E-state index contributed by atoms with van der Waals surface area (Å²) < 4.78 is 5.24. The van der Waals surface area contributed by atoms with Gasteiger partial charge < -0.3 is 15.4 Å². The van der Waals surface area contributed by atoms with Gasteiger partial charge in [0, 0.05) is 35.1 Å². The number of hydrogen-bond acceptors (Lipinski definition) is 3. The highest BCUT2D eigenvalue weighted by molar-refractivity contribution is 6.30. The zero-order chi connectivity index (χ0) is 26.0. The van der Waals surface area contributed by atoms with E-state index in [4.69, 9.17) is 16.3 Å². The maximum absolute atomic E-state index is 13.1. The summed E-state index contributed by atoms with van der Waals surface area (Å²) in [5.41, 5.74) is 4.05. The van der Waals surface area contributed by atoms with Crippen LogP contribution in [-0.4, -0.2) is 32.1 Å². The molecule has 0 aliphatic rings. The molecule has 0 saturated carbocycles. The molecule has 6 nitrogen and oxygen atoms in total. The molecule has 2 N–H and O–H groups in total. The molecule has 188 valence electrons. The molecular formula is C30H28ClN3O3. The lowest BCUT2D eigenvalue weighted by atomic mass is 10.0. The van der Waals surface area contributed by atoms with Crippen LogP contribution in [0.5, 0.6) is 5.75 Å². The van der Waals surface area contributed by atoms with Crippen molar-refractivity contribution in [3.8, 4) is 16.9 Å². The predicted octanol–water partition coefficient (Wildman–Crippen LogP) is 6.87. The van der Waals surface area contributed by atoms with Crippen LogP contribution in [0.2, 0.25) is 5.02 Å². The van der Waals surface area contributed by atoms with Gasteiger partial charge in [-0.15, -0.1) is 0 Å². The third-order valence-corrected chi connectivity index (χ3v) is 6.04. The Bertz CT molecular complexity index is 1330. The van der Waals surface area contributed by atoms with Crippen LogP contribution < -0.4 is 20.3 Å². The number of hydrogen-bond donors (Lipinski definition) is 2. The first-order valence-corrected chi connectivity index (χ1v) is 12.3. The molecule has 4 aromatic carbocycles. The van der Waals surface area contributed by atoms with Crippen molar-refractivity contribution in [1.82, 2.24) is 5.32 Å². The Morgan fingerprint density at radius 1 is 0.838 bits per heavy atom. The van der Waals surface area contributed by atoms with Crippen LogP contribution in [0.3, 0.4) is 0 Å². The van der Waals surface area contributed by atoms with Gasteiger partial charge in [0.05, 0.1) is 7.11 Å². The number of ether oxygens (including phenoxy) is 1. The predicted molar refractivity (Wildman–Crippen MR) is 150 cm³/mol. The highest BCUT2D eigenvalue weighted by Gasteiger charge is 2.16. The van der Waals surface area contributed by atoms with E-state index in [1.54, 1.807) is 48.4 Å². The van der Waals surface area contributed by atoms with E-state index in [-0.39, 0.29) is 11.9 Å². The van der Waals surface area contributed by atoms with Crippen molar-refractivity contribution in [2.24, 2.45) is 0 Å². The highest BCUT2D eigenvalue weighted by Crippen LogP contribution is 2.22. The summed E-state index contributed by atoms with van der Waals surface area (Å²) in [6.45, 7) is 0.808. The normalized spacial score (nSPS) is 10.4. The number of nitrogens with zero attached hydrogens (tertiary/aromatic N) is 1. The third kappa shape index (κ3) is 7.12. The molecule has 0 aliphatic heterocycles.